The van der Waals surface area contributed by atoms with Crippen molar-refractivity contribution in [2.24, 2.45) is 0 Å². The molecular weight excluding hydrogens is 403 g/mol. The summed E-state index contributed by atoms with van der Waals surface area (Å²) in [7, 11) is 0. The number of carbonyl (C=O) groups excluding carboxylic acids is 1. The molecule has 0 spiro atoms. The van der Waals surface area contributed by atoms with Gasteiger partial charge in [-0.05, 0) is 65.2 Å². The van der Waals surface area contributed by atoms with Crippen LogP contribution < -0.4 is 11.1 Å². The Kier molecular flexibility index (Phi) is 4.68. The normalized spacial score (nSPS) is 10.5. The zero-order valence-corrected chi connectivity index (χ0v) is 14.6. The molecule has 2 aromatic rings. The fourth-order valence-corrected chi connectivity index (χ4v) is 2.68. The lowest BCUT2D eigenvalue weighted by atomic mass is 10.1. The van der Waals surface area contributed by atoms with E-state index in [1.807, 2.05) is 26.0 Å². The van der Waals surface area contributed by atoms with Crippen LogP contribution in [0, 0.1) is 19.7 Å². The SMILES string of the molecule is Cc1cc(NC(=O)c2cc(N)c(F)cc2Br)cc(C)c1Br. The molecule has 2 aromatic carbocycles. The number of rotatable bonds is 2. The van der Waals surface area contributed by atoms with Crippen molar-refractivity contribution in [1.82, 2.24) is 0 Å². The molecule has 0 aliphatic carbocycles. The highest BCUT2D eigenvalue weighted by Crippen LogP contribution is 2.27. The highest BCUT2D eigenvalue weighted by Gasteiger charge is 2.14. The van der Waals surface area contributed by atoms with E-state index in [1.54, 1.807) is 0 Å². The first kappa shape index (κ1) is 16.0. The minimum Gasteiger partial charge on any atom is -0.396 e. The van der Waals surface area contributed by atoms with E-state index in [-0.39, 0.29) is 17.2 Å². The van der Waals surface area contributed by atoms with Crippen molar-refractivity contribution in [2.75, 3.05) is 11.1 Å². The van der Waals surface area contributed by atoms with E-state index in [1.165, 1.54) is 12.1 Å². The summed E-state index contributed by atoms with van der Waals surface area (Å²) in [5.74, 6) is -0.913. The van der Waals surface area contributed by atoms with Crippen molar-refractivity contribution < 1.29 is 9.18 Å². The molecule has 2 rings (SSSR count). The van der Waals surface area contributed by atoms with Crippen LogP contribution in [0.5, 0.6) is 0 Å². The summed E-state index contributed by atoms with van der Waals surface area (Å²) >= 11 is 6.65. The van der Waals surface area contributed by atoms with Crippen LogP contribution in [0.4, 0.5) is 15.8 Å². The molecule has 21 heavy (non-hydrogen) atoms. The average Bonchev–Trinajstić information content (AvgIpc) is 2.40. The molecule has 0 saturated carbocycles. The van der Waals surface area contributed by atoms with Crippen LogP contribution >= 0.6 is 31.9 Å². The van der Waals surface area contributed by atoms with Crippen LogP contribution in [0.3, 0.4) is 0 Å². The lowest BCUT2D eigenvalue weighted by Gasteiger charge is -2.11. The average molecular weight is 416 g/mol. The van der Waals surface area contributed by atoms with E-state index in [4.69, 9.17) is 5.73 Å². The number of benzene rings is 2. The molecule has 0 saturated heterocycles. The molecule has 0 unspecified atom stereocenters. The molecule has 3 nitrogen and oxygen atoms in total. The number of carbonyl (C=O) groups is 1. The van der Waals surface area contributed by atoms with E-state index in [0.717, 1.165) is 15.6 Å². The second-order valence-corrected chi connectivity index (χ2v) is 6.38. The number of nitrogens with two attached hydrogens (primary N) is 1. The van der Waals surface area contributed by atoms with E-state index in [0.29, 0.717) is 10.2 Å². The molecule has 0 fully saturated rings. The maximum atomic E-state index is 13.3. The fourth-order valence-electron chi connectivity index (χ4n) is 1.96. The van der Waals surface area contributed by atoms with Gasteiger partial charge in [0, 0.05) is 14.6 Å². The summed E-state index contributed by atoms with van der Waals surface area (Å²) in [6, 6.07) is 6.21. The molecule has 0 heterocycles. The molecule has 0 aliphatic heterocycles. The third-order valence-corrected chi connectivity index (χ3v) is 4.93. The van der Waals surface area contributed by atoms with Gasteiger partial charge < -0.3 is 11.1 Å². The Hall–Kier alpha value is -1.40. The predicted octanol–water partition coefficient (Wildman–Crippen LogP) is 4.80. The van der Waals surface area contributed by atoms with Crippen molar-refractivity contribution in [3.8, 4) is 0 Å². The Morgan fingerprint density at radius 2 is 1.71 bits per heavy atom. The van der Waals surface area contributed by atoms with Crippen LogP contribution in [-0.2, 0) is 0 Å². The van der Waals surface area contributed by atoms with Crippen molar-refractivity contribution in [1.29, 1.82) is 0 Å². The van der Waals surface area contributed by atoms with Gasteiger partial charge in [0.15, 0.2) is 0 Å². The lowest BCUT2D eigenvalue weighted by molar-refractivity contribution is 0.102. The zero-order valence-electron chi connectivity index (χ0n) is 11.4. The standard InChI is InChI=1S/C15H13Br2FN2O/c1-7-3-9(4-8(2)14(7)17)20-15(21)10-5-13(19)12(18)6-11(10)16/h3-6H,19H2,1-2H3,(H,20,21). The van der Waals surface area contributed by atoms with E-state index in [9.17, 15) is 9.18 Å². The molecule has 3 N–H and O–H groups in total. The van der Waals surface area contributed by atoms with Gasteiger partial charge in [-0.2, -0.15) is 0 Å². The lowest BCUT2D eigenvalue weighted by Crippen LogP contribution is -2.13. The summed E-state index contributed by atoms with van der Waals surface area (Å²) in [6.07, 6.45) is 0. The third-order valence-electron chi connectivity index (χ3n) is 3.03. The Morgan fingerprint density at radius 3 is 2.29 bits per heavy atom. The second kappa shape index (κ2) is 6.15. The van der Waals surface area contributed by atoms with E-state index in [2.05, 4.69) is 37.2 Å². The minimum atomic E-state index is -0.561. The van der Waals surface area contributed by atoms with Gasteiger partial charge in [-0.25, -0.2) is 4.39 Å². The number of amides is 1. The highest BCUT2D eigenvalue weighted by molar-refractivity contribution is 9.10. The molecule has 0 bridgehead atoms. The number of halogens is 3. The summed E-state index contributed by atoms with van der Waals surface area (Å²) in [5, 5.41) is 2.79. The molecule has 0 aromatic heterocycles. The van der Waals surface area contributed by atoms with Gasteiger partial charge in [-0.15, -0.1) is 0 Å². The molecule has 0 radical (unpaired) electrons. The van der Waals surface area contributed by atoms with Crippen molar-refractivity contribution >= 4 is 49.1 Å². The van der Waals surface area contributed by atoms with Crippen LogP contribution in [0.15, 0.2) is 33.2 Å². The highest BCUT2D eigenvalue weighted by atomic mass is 79.9. The van der Waals surface area contributed by atoms with Crippen molar-refractivity contribution in [3.05, 3.63) is 55.7 Å². The Bertz CT molecular complexity index is 709. The van der Waals surface area contributed by atoms with Crippen LogP contribution in [0.1, 0.15) is 21.5 Å². The first-order valence-corrected chi connectivity index (χ1v) is 7.71. The number of hydrogen-bond acceptors (Lipinski definition) is 2. The smallest absolute Gasteiger partial charge is 0.256 e. The van der Waals surface area contributed by atoms with Gasteiger partial charge in [0.1, 0.15) is 5.82 Å². The van der Waals surface area contributed by atoms with Crippen molar-refractivity contribution in [3.63, 3.8) is 0 Å². The third kappa shape index (κ3) is 3.44. The minimum absolute atomic E-state index is 0.0634. The molecule has 0 aliphatic rings. The molecule has 0 atom stereocenters. The molecule has 1 amide bonds. The number of anilines is 2. The molecule has 6 heteroatoms. The monoisotopic (exact) mass is 414 g/mol. The molecule has 110 valence electrons. The zero-order chi connectivity index (χ0) is 15.7. The van der Waals surface area contributed by atoms with E-state index >= 15 is 0 Å². The topological polar surface area (TPSA) is 55.1 Å². The largest absolute Gasteiger partial charge is 0.396 e. The fraction of sp³-hybridized carbons (Fsp3) is 0.133. The number of nitrogens with one attached hydrogen (secondary N) is 1. The Labute approximate surface area is 139 Å². The summed E-state index contributed by atoms with van der Waals surface area (Å²) < 4.78 is 14.7. The summed E-state index contributed by atoms with van der Waals surface area (Å²) in [5.41, 5.74) is 8.44. The van der Waals surface area contributed by atoms with Gasteiger partial charge >= 0.3 is 0 Å². The Balaban J connectivity index is 2.32. The number of aryl methyl sites for hydroxylation is 2. The maximum Gasteiger partial charge on any atom is 0.256 e. The number of hydrogen-bond donors (Lipinski definition) is 2. The van der Waals surface area contributed by atoms with Crippen molar-refractivity contribution in [2.45, 2.75) is 13.8 Å². The Morgan fingerprint density at radius 1 is 1.14 bits per heavy atom. The summed E-state index contributed by atoms with van der Waals surface area (Å²) in [4.78, 5) is 12.3. The van der Waals surface area contributed by atoms with Gasteiger partial charge in [0.05, 0.1) is 11.3 Å². The molecular formula is C15H13Br2FN2O. The van der Waals surface area contributed by atoms with Gasteiger partial charge in [0.25, 0.3) is 5.91 Å². The number of nitrogen functional groups attached to an aromatic ring is 1. The van der Waals surface area contributed by atoms with Crippen LogP contribution in [-0.4, -0.2) is 5.91 Å². The van der Waals surface area contributed by atoms with Crippen LogP contribution in [0.2, 0.25) is 0 Å². The summed E-state index contributed by atoms with van der Waals surface area (Å²) in [6.45, 7) is 3.89. The quantitative estimate of drug-likeness (QED) is 0.692. The van der Waals surface area contributed by atoms with Gasteiger partial charge in [-0.1, -0.05) is 15.9 Å². The van der Waals surface area contributed by atoms with Crippen LogP contribution in [0.25, 0.3) is 0 Å². The second-order valence-electron chi connectivity index (χ2n) is 4.73. The first-order chi connectivity index (χ1) is 9.79. The van der Waals surface area contributed by atoms with Gasteiger partial charge in [0.2, 0.25) is 0 Å². The predicted molar refractivity (Wildman–Crippen MR) is 90.1 cm³/mol. The maximum absolute atomic E-state index is 13.3. The van der Waals surface area contributed by atoms with Gasteiger partial charge in [-0.3, -0.25) is 4.79 Å². The van der Waals surface area contributed by atoms with E-state index < -0.39 is 5.82 Å². The first-order valence-electron chi connectivity index (χ1n) is 6.12.